The van der Waals surface area contributed by atoms with Gasteiger partial charge in [-0.25, -0.2) is 0 Å². The van der Waals surface area contributed by atoms with Crippen LogP contribution in [0, 0.1) is 5.92 Å². The standard InChI is InChI=1S/C15H26N2O2S/c1-4-12(5-2)15(13-7-6-10-20-13)17-14(18)11-16-8-9-19-3/h6-7,10,12,15-16H,4-5,8-9,11H2,1-3H3,(H,17,18). The van der Waals surface area contributed by atoms with Gasteiger partial charge in [0, 0.05) is 18.5 Å². The van der Waals surface area contributed by atoms with Crippen molar-refractivity contribution in [2.75, 3.05) is 26.8 Å². The molecule has 1 amide bonds. The van der Waals surface area contributed by atoms with Gasteiger partial charge in [0.1, 0.15) is 0 Å². The van der Waals surface area contributed by atoms with Crippen molar-refractivity contribution in [2.45, 2.75) is 32.7 Å². The van der Waals surface area contributed by atoms with Gasteiger partial charge in [0.25, 0.3) is 0 Å². The maximum atomic E-state index is 12.0. The normalized spacial score (nSPS) is 12.6. The second-order valence-corrected chi connectivity index (χ2v) is 5.79. The number of hydrogen-bond donors (Lipinski definition) is 2. The molecule has 0 radical (unpaired) electrons. The quantitative estimate of drug-likeness (QED) is 0.653. The fourth-order valence-electron chi connectivity index (χ4n) is 2.25. The van der Waals surface area contributed by atoms with Crippen molar-refractivity contribution in [3.63, 3.8) is 0 Å². The van der Waals surface area contributed by atoms with E-state index in [1.807, 2.05) is 6.07 Å². The summed E-state index contributed by atoms with van der Waals surface area (Å²) in [5.41, 5.74) is 0. The van der Waals surface area contributed by atoms with Crippen LogP contribution < -0.4 is 10.6 Å². The largest absolute Gasteiger partial charge is 0.383 e. The molecule has 0 aliphatic carbocycles. The fraction of sp³-hybridized carbons (Fsp3) is 0.667. The van der Waals surface area contributed by atoms with Crippen LogP contribution in [-0.2, 0) is 9.53 Å². The van der Waals surface area contributed by atoms with Crippen molar-refractivity contribution in [1.82, 2.24) is 10.6 Å². The second-order valence-electron chi connectivity index (χ2n) is 4.81. The van der Waals surface area contributed by atoms with Gasteiger partial charge in [-0.05, 0) is 17.4 Å². The summed E-state index contributed by atoms with van der Waals surface area (Å²) in [6, 6.07) is 4.27. The minimum Gasteiger partial charge on any atom is -0.383 e. The SMILES string of the molecule is CCC(CC)C(NC(=O)CNCCOC)c1cccs1. The molecule has 4 nitrogen and oxygen atoms in total. The van der Waals surface area contributed by atoms with Crippen LogP contribution in [0.4, 0.5) is 0 Å². The third-order valence-electron chi connectivity index (χ3n) is 3.45. The third kappa shape index (κ3) is 5.61. The highest BCUT2D eigenvalue weighted by molar-refractivity contribution is 7.10. The van der Waals surface area contributed by atoms with Gasteiger partial charge in [0.15, 0.2) is 0 Å². The lowest BCUT2D eigenvalue weighted by molar-refractivity contribution is -0.121. The molecule has 1 rings (SSSR count). The average molecular weight is 298 g/mol. The minimum absolute atomic E-state index is 0.0476. The first kappa shape index (κ1) is 17.1. The maximum Gasteiger partial charge on any atom is 0.234 e. The van der Waals surface area contributed by atoms with E-state index < -0.39 is 0 Å². The van der Waals surface area contributed by atoms with Crippen molar-refractivity contribution in [1.29, 1.82) is 0 Å². The highest BCUT2D eigenvalue weighted by Gasteiger charge is 2.22. The van der Waals surface area contributed by atoms with Crippen LogP contribution in [-0.4, -0.2) is 32.7 Å². The topological polar surface area (TPSA) is 50.4 Å². The molecule has 1 atom stereocenters. The Kier molecular flexibility index (Phi) is 8.49. The first-order valence-electron chi connectivity index (χ1n) is 7.25. The summed E-state index contributed by atoms with van der Waals surface area (Å²) in [5.74, 6) is 0.531. The summed E-state index contributed by atoms with van der Waals surface area (Å²) in [4.78, 5) is 13.3. The highest BCUT2D eigenvalue weighted by atomic mass is 32.1. The van der Waals surface area contributed by atoms with Crippen LogP contribution in [0.1, 0.15) is 37.6 Å². The molecule has 114 valence electrons. The lowest BCUT2D eigenvalue weighted by atomic mass is 9.93. The van der Waals surface area contributed by atoms with Crippen molar-refractivity contribution >= 4 is 17.2 Å². The van der Waals surface area contributed by atoms with E-state index in [0.717, 1.165) is 12.8 Å². The molecule has 1 heterocycles. The van der Waals surface area contributed by atoms with Gasteiger partial charge >= 0.3 is 0 Å². The summed E-state index contributed by atoms with van der Waals surface area (Å²) in [6.07, 6.45) is 2.13. The van der Waals surface area contributed by atoms with Gasteiger partial charge in [0.2, 0.25) is 5.91 Å². The van der Waals surface area contributed by atoms with E-state index in [0.29, 0.717) is 25.6 Å². The molecule has 0 aliphatic rings. The number of amides is 1. The summed E-state index contributed by atoms with van der Waals surface area (Å²) < 4.78 is 4.94. The number of nitrogens with one attached hydrogen (secondary N) is 2. The molecule has 0 bridgehead atoms. The van der Waals surface area contributed by atoms with Crippen LogP contribution in [0.25, 0.3) is 0 Å². The molecule has 1 aromatic heterocycles. The molecule has 1 aromatic rings. The van der Waals surface area contributed by atoms with Crippen LogP contribution in [0.2, 0.25) is 0 Å². The molecule has 0 spiro atoms. The monoisotopic (exact) mass is 298 g/mol. The molecule has 0 fully saturated rings. The zero-order valence-electron chi connectivity index (χ0n) is 12.6. The number of hydrogen-bond acceptors (Lipinski definition) is 4. The van der Waals surface area contributed by atoms with E-state index >= 15 is 0 Å². The molecular formula is C15H26N2O2S. The van der Waals surface area contributed by atoms with E-state index in [1.54, 1.807) is 18.4 Å². The first-order chi connectivity index (χ1) is 9.72. The maximum absolute atomic E-state index is 12.0. The van der Waals surface area contributed by atoms with E-state index in [-0.39, 0.29) is 11.9 Å². The minimum atomic E-state index is 0.0476. The summed E-state index contributed by atoms with van der Waals surface area (Å²) in [6.45, 7) is 6.01. The number of methoxy groups -OCH3 is 1. The Bertz CT molecular complexity index is 364. The second kappa shape index (κ2) is 9.91. The molecule has 2 N–H and O–H groups in total. The average Bonchev–Trinajstić information content (AvgIpc) is 2.97. The zero-order valence-corrected chi connectivity index (χ0v) is 13.5. The molecule has 5 heteroatoms. The van der Waals surface area contributed by atoms with Gasteiger partial charge in [-0.3, -0.25) is 4.79 Å². The molecule has 0 saturated heterocycles. The van der Waals surface area contributed by atoms with E-state index in [1.165, 1.54) is 4.88 Å². The highest BCUT2D eigenvalue weighted by Crippen LogP contribution is 2.30. The Labute approximate surface area is 125 Å². The molecule has 1 unspecified atom stereocenters. The van der Waals surface area contributed by atoms with Crippen LogP contribution in [0.5, 0.6) is 0 Å². The lowest BCUT2D eigenvalue weighted by Crippen LogP contribution is -2.39. The molecule has 20 heavy (non-hydrogen) atoms. The summed E-state index contributed by atoms with van der Waals surface area (Å²) in [7, 11) is 1.65. The van der Waals surface area contributed by atoms with Crippen molar-refractivity contribution in [2.24, 2.45) is 5.92 Å². The Morgan fingerprint density at radius 2 is 2.15 bits per heavy atom. The molecule has 0 aliphatic heterocycles. The smallest absolute Gasteiger partial charge is 0.234 e. The number of carbonyl (C=O) groups is 1. The summed E-state index contributed by atoms with van der Waals surface area (Å²) in [5, 5.41) is 8.31. The van der Waals surface area contributed by atoms with E-state index in [2.05, 4.69) is 35.9 Å². The number of carbonyl (C=O) groups excluding carboxylic acids is 1. The van der Waals surface area contributed by atoms with Gasteiger partial charge in [-0.2, -0.15) is 0 Å². The fourth-order valence-corrected chi connectivity index (χ4v) is 3.12. The number of rotatable bonds is 10. The van der Waals surface area contributed by atoms with Crippen molar-refractivity contribution in [3.05, 3.63) is 22.4 Å². The molecular weight excluding hydrogens is 272 g/mol. The van der Waals surface area contributed by atoms with E-state index in [9.17, 15) is 4.79 Å². The van der Waals surface area contributed by atoms with E-state index in [4.69, 9.17) is 4.74 Å². The third-order valence-corrected chi connectivity index (χ3v) is 4.41. The van der Waals surface area contributed by atoms with Crippen molar-refractivity contribution in [3.8, 4) is 0 Å². The summed E-state index contributed by atoms with van der Waals surface area (Å²) >= 11 is 1.71. The number of ether oxygens (including phenoxy) is 1. The van der Waals surface area contributed by atoms with Crippen LogP contribution >= 0.6 is 11.3 Å². The lowest BCUT2D eigenvalue weighted by Gasteiger charge is -2.25. The van der Waals surface area contributed by atoms with Gasteiger partial charge in [-0.15, -0.1) is 11.3 Å². The Balaban J connectivity index is 2.54. The molecule has 0 saturated carbocycles. The van der Waals surface area contributed by atoms with Gasteiger partial charge < -0.3 is 15.4 Å². The van der Waals surface area contributed by atoms with Crippen LogP contribution in [0.15, 0.2) is 17.5 Å². The molecule has 0 aromatic carbocycles. The van der Waals surface area contributed by atoms with Gasteiger partial charge in [0.05, 0.1) is 19.2 Å². The number of thiophene rings is 1. The van der Waals surface area contributed by atoms with Crippen LogP contribution in [0.3, 0.4) is 0 Å². The first-order valence-corrected chi connectivity index (χ1v) is 8.13. The van der Waals surface area contributed by atoms with Crippen molar-refractivity contribution < 1.29 is 9.53 Å². The van der Waals surface area contributed by atoms with Gasteiger partial charge in [-0.1, -0.05) is 32.8 Å². The zero-order chi connectivity index (χ0) is 14.8. The predicted molar refractivity (Wildman–Crippen MR) is 84.0 cm³/mol. The Hall–Kier alpha value is -0.910. The Morgan fingerprint density at radius 1 is 1.40 bits per heavy atom. The Morgan fingerprint density at radius 3 is 2.70 bits per heavy atom. The predicted octanol–water partition coefficient (Wildman–Crippen LogP) is 2.58.